The third-order valence-corrected chi connectivity index (χ3v) is 4.19. The molecule has 2 rings (SSSR count). The van der Waals surface area contributed by atoms with Crippen molar-refractivity contribution in [3.63, 3.8) is 0 Å². The summed E-state index contributed by atoms with van der Waals surface area (Å²) in [5, 5.41) is 13.3. The maximum absolute atomic E-state index is 12.8. The summed E-state index contributed by atoms with van der Waals surface area (Å²) in [5.74, 6) is -2.16. The number of nitrogens with one attached hydrogen (secondary N) is 2. The van der Waals surface area contributed by atoms with E-state index in [2.05, 4.69) is 10.3 Å². The predicted molar refractivity (Wildman–Crippen MR) is 90.0 cm³/mol. The van der Waals surface area contributed by atoms with Crippen LogP contribution >= 0.6 is 0 Å². The highest BCUT2D eigenvalue weighted by atomic mass is 16.4. The third-order valence-electron chi connectivity index (χ3n) is 4.19. The molecule has 0 aliphatic carbocycles. The SMILES string of the molecule is CC[C@H](C)[C@@H](C(=O)NCCC(=O)[O-])n1c(=O)[nH]c2ccccc2c1=O. The number of amides is 1. The zero-order valence-electron chi connectivity index (χ0n) is 14.1. The highest BCUT2D eigenvalue weighted by Crippen LogP contribution is 2.19. The number of hydrogen-bond acceptors (Lipinski definition) is 5. The highest BCUT2D eigenvalue weighted by molar-refractivity contribution is 5.82. The van der Waals surface area contributed by atoms with Gasteiger partial charge in [-0.2, -0.15) is 0 Å². The van der Waals surface area contributed by atoms with Gasteiger partial charge in [0.15, 0.2) is 0 Å². The van der Waals surface area contributed by atoms with Crippen molar-refractivity contribution in [2.24, 2.45) is 5.92 Å². The number of carbonyl (C=O) groups excluding carboxylic acids is 2. The monoisotopic (exact) mass is 346 g/mol. The topological polar surface area (TPSA) is 124 Å². The van der Waals surface area contributed by atoms with Gasteiger partial charge in [-0.1, -0.05) is 32.4 Å². The molecule has 0 aliphatic heterocycles. The van der Waals surface area contributed by atoms with Crippen molar-refractivity contribution < 1.29 is 14.7 Å². The van der Waals surface area contributed by atoms with Gasteiger partial charge < -0.3 is 20.2 Å². The van der Waals surface area contributed by atoms with Crippen LogP contribution in [0.3, 0.4) is 0 Å². The summed E-state index contributed by atoms with van der Waals surface area (Å²) >= 11 is 0. The lowest BCUT2D eigenvalue weighted by atomic mass is 9.97. The first-order valence-electron chi connectivity index (χ1n) is 8.08. The van der Waals surface area contributed by atoms with Crippen molar-refractivity contribution in [2.75, 3.05) is 6.54 Å². The van der Waals surface area contributed by atoms with E-state index in [9.17, 15) is 24.3 Å². The lowest BCUT2D eigenvalue weighted by molar-refractivity contribution is -0.305. The van der Waals surface area contributed by atoms with E-state index in [0.29, 0.717) is 17.3 Å². The number of H-pyrrole nitrogens is 1. The Morgan fingerprint density at radius 2 is 1.96 bits per heavy atom. The third kappa shape index (κ3) is 3.96. The largest absolute Gasteiger partial charge is 0.550 e. The van der Waals surface area contributed by atoms with E-state index in [1.807, 2.05) is 6.92 Å². The van der Waals surface area contributed by atoms with Crippen LogP contribution < -0.4 is 21.7 Å². The van der Waals surface area contributed by atoms with E-state index >= 15 is 0 Å². The van der Waals surface area contributed by atoms with Gasteiger partial charge in [-0.25, -0.2) is 9.36 Å². The number of nitrogens with zero attached hydrogens (tertiary/aromatic N) is 1. The molecule has 2 atom stereocenters. The van der Waals surface area contributed by atoms with Gasteiger partial charge in [-0.3, -0.25) is 9.59 Å². The normalized spacial score (nSPS) is 13.4. The molecule has 0 spiro atoms. The minimum absolute atomic E-state index is 0.131. The van der Waals surface area contributed by atoms with Crippen LogP contribution in [-0.4, -0.2) is 28.0 Å². The first-order valence-corrected chi connectivity index (χ1v) is 8.08. The van der Waals surface area contributed by atoms with Crippen molar-refractivity contribution in [3.05, 3.63) is 45.1 Å². The molecule has 1 aromatic carbocycles. The van der Waals surface area contributed by atoms with Crippen LogP contribution in [0, 0.1) is 5.92 Å². The number of carbonyl (C=O) groups is 2. The molecule has 2 aromatic rings. The van der Waals surface area contributed by atoms with E-state index < -0.39 is 29.2 Å². The molecule has 1 aromatic heterocycles. The van der Waals surface area contributed by atoms with Gasteiger partial charge in [0, 0.05) is 18.9 Å². The summed E-state index contributed by atoms with van der Waals surface area (Å²) in [7, 11) is 0. The first kappa shape index (κ1) is 18.4. The predicted octanol–water partition coefficient (Wildman–Crippen LogP) is -0.467. The second-order valence-electron chi connectivity index (χ2n) is 5.89. The standard InChI is InChI=1S/C17H21N3O5/c1-3-10(2)14(15(23)18-9-8-13(21)22)20-16(24)11-6-4-5-7-12(11)19-17(20)25/h4-7,10,14H,3,8-9H2,1-2H3,(H,18,23)(H,19,25)(H,21,22)/p-1/t10-,14-/m0/s1. The van der Waals surface area contributed by atoms with Crippen LogP contribution in [0.2, 0.25) is 0 Å². The molecular weight excluding hydrogens is 326 g/mol. The summed E-state index contributed by atoms with van der Waals surface area (Å²) in [4.78, 5) is 50.8. The Morgan fingerprint density at radius 3 is 2.60 bits per heavy atom. The fraction of sp³-hybridized carbons (Fsp3) is 0.412. The molecule has 0 unspecified atom stereocenters. The molecule has 25 heavy (non-hydrogen) atoms. The Bertz CT molecular complexity index is 899. The van der Waals surface area contributed by atoms with E-state index in [1.54, 1.807) is 31.2 Å². The number of benzene rings is 1. The fourth-order valence-electron chi connectivity index (χ4n) is 2.67. The minimum Gasteiger partial charge on any atom is -0.550 e. The molecule has 0 saturated carbocycles. The van der Waals surface area contributed by atoms with Crippen LogP contribution in [0.25, 0.3) is 10.9 Å². The van der Waals surface area contributed by atoms with Gasteiger partial charge in [-0.15, -0.1) is 0 Å². The van der Waals surface area contributed by atoms with Gasteiger partial charge in [-0.05, 0) is 18.1 Å². The lowest BCUT2D eigenvalue weighted by Gasteiger charge is -2.24. The number of carboxylic acids is 1. The number of rotatable bonds is 7. The van der Waals surface area contributed by atoms with Crippen LogP contribution in [0.5, 0.6) is 0 Å². The summed E-state index contributed by atoms with van der Waals surface area (Å²) < 4.78 is 0.908. The van der Waals surface area contributed by atoms with Crippen LogP contribution in [0.15, 0.2) is 33.9 Å². The summed E-state index contributed by atoms with van der Waals surface area (Å²) in [6.45, 7) is 3.46. The highest BCUT2D eigenvalue weighted by Gasteiger charge is 2.29. The molecule has 2 N–H and O–H groups in total. The minimum atomic E-state index is -1.29. The lowest BCUT2D eigenvalue weighted by Crippen LogP contribution is -2.47. The van der Waals surface area contributed by atoms with E-state index in [4.69, 9.17) is 0 Å². The second kappa shape index (κ2) is 7.78. The Kier molecular flexibility index (Phi) is 5.74. The zero-order valence-corrected chi connectivity index (χ0v) is 14.1. The molecule has 8 heteroatoms. The zero-order chi connectivity index (χ0) is 18.6. The van der Waals surface area contributed by atoms with Gasteiger partial charge in [0.05, 0.1) is 10.9 Å². The van der Waals surface area contributed by atoms with Crippen molar-refractivity contribution >= 4 is 22.8 Å². The molecule has 0 bridgehead atoms. The van der Waals surface area contributed by atoms with E-state index in [1.165, 1.54) is 0 Å². The Morgan fingerprint density at radius 1 is 1.28 bits per heavy atom. The number of aromatic amines is 1. The van der Waals surface area contributed by atoms with Crippen LogP contribution in [0.1, 0.15) is 32.7 Å². The molecular formula is C17H20N3O5-. The number of aliphatic carboxylic acids is 1. The molecule has 0 saturated heterocycles. The fourth-order valence-corrected chi connectivity index (χ4v) is 2.67. The Labute approximate surface area is 143 Å². The van der Waals surface area contributed by atoms with Crippen LogP contribution in [0.4, 0.5) is 0 Å². The van der Waals surface area contributed by atoms with Crippen molar-refractivity contribution in [3.8, 4) is 0 Å². The van der Waals surface area contributed by atoms with Gasteiger partial charge in [0.25, 0.3) is 5.56 Å². The van der Waals surface area contributed by atoms with E-state index in [0.717, 1.165) is 4.57 Å². The number of carboxylic acid groups (broad SMARTS) is 1. The summed E-state index contributed by atoms with van der Waals surface area (Å²) in [6.07, 6.45) is 0.208. The summed E-state index contributed by atoms with van der Waals surface area (Å²) in [5.41, 5.74) is -0.835. The molecule has 134 valence electrons. The Hall–Kier alpha value is -2.90. The smallest absolute Gasteiger partial charge is 0.329 e. The maximum atomic E-state index is 12.8. The number of aromatic nitrogens is 2. The molecule has 1 amide bonds. The van der Waals surface area contributed by atoms with Crippen molar-refractivity contribution in [1.29, 1.82) is 0 Å². The molecule has 1 heterocycles. The van der Waals surface area contributed by atoms with Crippen molar-refractivity contribution in [1.82, 2.24) is 14.9 Å². The van der Waals surface area contributed by atoms with Crippen LogP contribution in [-0.2, 0) is 9.59 Å². The van der Waals surface area contributed by atoms with E-state index in [-0.39, 0.29) is 18.9 Å². The Balaban J connectivity index is 2.50. The average Bonchev–Trinajstić information content (AvgIpc) is 2.57. The molecule has 8 nitrogen and oxygen atoms in total. The van der Waals surface area contributed by atoms with Gasteiger partial charge in [0.1, 0.15) is 6.04 Å². The first-order chi connectivity index (χ1) is 11.9. The van der Waals surface area contributed by atoms with Gasteiger partial charge >= 0.3 is 5.69 Å². The van der Waals surface area contributed by atoms with Gasteiger partial charge in [0.2, 0.25) is 5.91 Å². The molecule has 0 aliphatic rings. The average molecular weight is 346 g/mol. The number of para-hydroxylation sites is 1. The number of hydrogen-bond donors (Lipinski definition) is 2. The number of fused-ring (bicyclic) bond motifs is 1. The molecule has 0 radical (unpaired) electrons. The van der Waals surface area contributed by atoms with Crippen molar-refractivity contribution in [2.45, 2.75) is 32.7 Å². The molecule has 0 fully saturated rings. The summed E-state index contributed by atoms with van der Waals surface area (Å²) in [6, 6.07) is 5.52. The maximum Gasteiger partial charge on any atom is 0.329 e. The second-order valence-corrected chi connectivity index (χ2v) is 5.89. The quantitative estimate of drug-likeness (QED) is 0.701.